The normalized spacial score (nSPS) is 11.6. The zero-order valence-corrected chi connectivity index (χ0v) is 14.1. The minimum absolute atomic E-state index is 0.0792. The molecule has 0 fully saturated rings. The maximum Gasteiger partial charge on any atom is 0.307 e. The first-order chi connectivity index (χ1) is 11.4. The van der Waals surface area contributed by atoms with E-state index < -0.39 is 28.5 Å². The van der Waals surface area contributed by atoms with Gasteiger partial charge in [-0.3, -0.25) is 19.7 Å². The molecule has 1 atom stereocenters. The number of nitro groups is 1. The summed E-state index contributed by atoms with van der Waals surface area (Å²) < 4.78 is 4.63. The number of nitrogens with one attached hydrogen (secondary N) is 1. The first kappa shape index (κ1) is 17.9. The van der Waals surface area contributed by atoms with E-state index in [1.807, 2.05) is 0 Å². The van der Waals surface area contributed by atoms with Crippen molar-refractivity contribution in [2.24, 2.45) is 0 Å². The molecule has 24 heavy (non-hydrogen) atoms. The van der Waals surface area contributed by atoms with Crippen LogP contribution in [0.2, 0.25) is 5.02 Å². The van der Waals surface area contributed by atoms with Crippen LogP contribution >= 0.6 is 22.9 Å². The molecular weight excluding hydrogens is 356 g/mol. The van der Waals surface area contributed by atoms with Gasteiger partial charge in [0.2, 0.25) is 0 Å². The Kier molecular flexibility index (Phi) is 5.88. The number of thiophene rings is 1. The maximum atomic E-state index is 12.5. The number of methoxy groups -OCH3 is 1. The van der Waals surface area contributed by atoms with Crippen LogP contribution in [0, 0.1) is 10.1 Å². The number of nitro benzene ring substituents is 1. The number of rotatable bonds is 6. The summed E-state index contributed by atoms with van der Waals surface area (Å²) in [4.78, 5) is 35.2. The molecule has 0 aliphatic heterocycles. The molecular formula is C15H13ClN2O5S. The molecule has 1 heterocycles. The molecule has 1 aromatic carbocycles. The van der Waals surface area contributed by atoms with Crippen LogP contribution in [0.25, 0.3) is 0 Å². The third-order valence-electron chi connectivity index (χ3n) is 3.19. The average molecular weight is 369 g/mol. The molecule has 1 N–H and O–H groups in total. The number of ether oxygens (including phenoxy) is 1. The van der Waals surface area contributed by atoms with Crippen molar-refractivity contribution in [2.75, 3.05) is 7.11 Å². The lowest BCUT2D eigenvalue weighted by atomic mass is 10.1. The van der Waals surface area contributed by atoms with Crippen LogP contribution in [0.3, 0.4) is 0 Å². The summed E-state index contributed by atoms with van der Waals surface area (Å²) in [6.07, 6.45) is -0.0792. The van der Waals surface area contributed by atoms with Crippen molar-refractivity contribution in [3.8, 4) is 0 Å². The largest absolute Gasteiger partial charge is 0.469 e. The van der Waals surface area contributed by atoms with Gasteiger partial charge in [0.25, 0.3) is 11.6 Å². The lowest BCUT2D eigenvalue weighted by Gasteiger charge is -2.16. The van der Waals surface area contributed by atoms with Crippen LogP contribution in [-0.4, -0.2) is 23.9 Å². The highest BCUT2D eigenvalue weighted by molar-refractivity contribution is 7.10. The van der Waals surface area contributed by atoms with E-state index in [4.69, 9.17) is 11.6 Å². The lowest BCUT2D eigenvalue weighted by molar-refractivity contribution is -0.385. The second kappa shape index (κ2) is 7.89. The van der Waals surface area contributed by atoms with Crippen LogP contribution in [0.15, 0.2) is 35.7 Å². The van der Waals surface area contributed by atoms with Crippen molar-refractivity contribution in [1.82, 2.24) is 5.32 Å². The molecule has 126 valence electrons. The van der Waals surface area contributed by atoms with E-state index in [1.165, 1.54) is 30.6 Å². The van der Waals surface area contributed by atoms with Crippen molar-refractivity contribution in [1.29, 1.82) is 0 Å². The zero-order valence-electron chi connectivity index (χ0n) is 12.5. The maximum absolute atomic E-state index is 12.5. The summed E-state index contributed by atoms with van der Waals surface area (Å²) in [5.74, 6) is -1.17. The van der Waals surface area contributed by atoms with E-state index in [2.05, 4.69) is 10.1 Å². The molecule has 1 aromatic heterocycles. The quantitative estimate of drug-likeness (QED) is 0.479. The molecule has 2 aromatic rings. The highest BCUT2D eigenvalue weighted by Crippen LogP contribution is 2.26. The molecule has 0 saturated heterocycles. The molecule has 9 heteroatoms. The van der Waals surface area contributed by atoms with Crippen molar-refractivity contribution >= 4 is 40.5 Å². The predicted octanol–water partition coefficient (Wildman–Crippen LogP) is 3.34. The number of nitrogens with zero attached hydrogens (tertiary/aromatic N) is 1. The SMILES string of the molecule is COC(=O)CC(NC(=O)c1ccc(Cl)cc1[N+](=O)[O-])c1cccs1. The van der Waals surface area contributed by atoms with E-state index in [-0.39, 0.29) is 17.0 Å². The summed E-state index contributed by atoms with van der Waals surface area (Å²) in [7, 11) is 1.25. The fourth-order valence-corrected chi connectivity index (χ4v) is 2.99. The van der Waals surface area contributed by atoms with Gasteiger partial charge in [0.05, 0.1) is 24.5 Å². The Morgan fingerprint density at radius 3 is 2.75 bits per heavy atom. The van der Waals surface area contributed by atoms with Crippen LogP contribution in [-0.2, 0) is 9.53 Å². The zero-order chi connectivity index (χ0) is 17.7. The van der Waals surface area contributed by atoms with Crippen LogP contribution in [0.1, 0.15) is 27.7 Å². The minimum Gasteiger partial charge on any atom is -0.469 e. The Morgan fingerprint density at radius 1 is 1.42 bits per heavy atom. The fourth-order valence-electron chi connectivity index (χ4n) is 2.05. The molecule has 2 rings (SSSR count). The van der Waals surface area contributed by atoms with Gasteiger partial charge in [-0.1, -0.05) is 17.7 Å². The van der Waals surface area contributed by atoms with E-state index in [1.54, 1.807) is 17.5 Å². The van der Waals surface area contributed by atoms with Gasteiger partial charge < -0.3 is 10.1 Å². The highest BCUT2D eigenvalue weighted by Gasteiger charge is 2.25. The standard InChI is InChI=1S/C15H13ClN2O5S/c1-23-14(19)8-11(13-3-2-6-24-13)17-15(20)10-5-4-9(16)7-12(10)18(21)22/h2-7,11H,8H2,1H3,(H,17,20). The average Bonchev–Trinajstić information content (AvgIpc) is 3.08. The van der Waals surface area contributed by atoms with Gasteiger partial charge in [0, 0.05) is 16.0 Å². The molecule has 1 amide bonds. The molecule has 0 aliphatic rings. The predicted molar refractivity (Wildman–Crippen MR) is 89.3 cm³/mol. The highest BCUT2D eigenvalue weighted by atomic mass is 35.5. The number of halogens is 1. The molecule has 0 aliphatic carbocycles. The fraction of sp³-hybridized carbons (Fsp3) is 0.200. The van der Waals surface area contributed by atoms with Gasteiger partial charge in [-0.25, -0.2) is 0 Å². The lowest BCUT2D eigenvalue weighted by Crippen LogP contribution is -2.30. The summed E-state index contributed by atoms with van der Waals surface area (Å²) in [6.45, 7) is 0. The number of hydrogen-bond acceptors (Lipinski definition) is 6. The Balaban J connectivity index is 2.28. The molecule has 7 nitrogen and oxygen atoms in total. The Morgan fingerprint density at radius 2 is 2.17 bits per heavy atom. The smallest absolute Gasteiger partial charge is 0.307 e. The summed E-state index contributed by atoms with van der Waals surface area (Å²) in [5.41, 5.74) is -0.529. The van der Waals surface area contributed by atoms with Crippen molar-refractivity contribution in [3.05, 3.63) is 61.3 Å². The number of carbonyl (C=O) groups is 2. The summed E-state index contributed by atoms with van der Waals surface area (Å²) in [6, 6.07) is 6.68. The Hall–Kier alpha value is -2.45. The Bertz CT molecular complexity index is 763. The summed E-state index contributed by atoms with van der Waals surface area (Å²) >= 11 is 7.10. The van der Waals surface area contributed by atoms with Crippen LogP contribution in [0.5, 0.6) is 0 Å². The molecule has 0 saturated carbocycles. The third-order valence-corrected chi connectivity index (χ3v) is 4.41. The first-order valence-corrected chi connectivity index (χ1v) is 8.03. The van der Waals surface area contributed by atoms with Gasteiger partial charge in [-0.05, 0) is 23.6 Å². The van der Waals surface area contributed by atoms with Crippen molar-refractivity contribution < 1.29 is 19.2 Å². The van der Waals surface area contributed by atoms with Gasteiger partial charge in [0.1, 0.15) is 5.56 Å². The third kappa shape index (κ3) is 4.30. The number of hydrogen-bond donors (Lipinski definition) is 1. The first-order valence-electron chi connectivity index (χ1n) is 6.77. The molecule has 0 spiro atoms. The second-order valence-electron chi connectivity index (χ2n) is 4.74. The summed E-state index contributed by atoms with van der Waals surface area (Å²) in [5, 5.41) is 15.7. The van der Waals surface area contributed by atoms with Crippen molar-refractivity contribution in [2.45, 2.75) is 12.5 Å². The van der Waals surface area contributed by atoms with Gasteiger partial charge in [-0.15, -0.1) is 11.3 Å². The van der Waals surface area contributed by atoms with Crippen molar-refractivity contribution in [3.63, 3.8) is 0 Å². The number of carbonyl (C=O) groups excluding carboxylic acids is 2. The second-order valence-corrected chi connectivity index (χ2v) is 6.16. The van der Waals surface area contributed by atoms with E-state index in [0.29, 0.717) is 0 Å². The van der Waals surface area contributed by atoms with Crippen LogP contribution < -0.4 is 5.32 Å². The van der Waals surface area contributed by atoms with E-state index in [0.717, 1.165) is 10.9 Å². The number of amides is 1. The number of benzene rings is 1. The van der Waals surface area contributed by atoms with E-state index in [9.17, 15) is 19.7 Å². The van der Waals surface area contributed by atoms with Gasteiger partial charge in [-0.2, -0.15) is 0 Å². The molecule has 0 radical (unpaired) electrons. The molecule has 1 unspecified atom stereocenters. The van der Waals surface area contributed by atoms with Gasteiger partial charge >= 0.3 is 5.97 Å². The minimum atomic E-state index is -0.679. The Labute approximate surface area is 146 Å². The van der Waals surface area contributed by atoms with E-state index >= 15 is 0 Å². The van der Waals surface area contributed by atoms with Crippen LogP contribution in [0.4, 0.5) is 5.69 Å². The number of esters is 1. The topological polar surface area (TPSA) is 98.5 Å². The van der Waals surface area contributed by atoms with Gasteiger partial charge in [0.15, 0.2) is 0 Å². The monoisotopic (exact) mass is 368 g/mol. The molecule has 0 bridgehead atoms.